The molecule has 0 saturated heterocycles. The number of alkyl halides is 3. The number of benzene rings is 1. The van der Waals surface area contributed by atoms with E-state index in [0.29, 0.717) is 6.07 Å². The van der Waals surface area contributed by atoms with Crippen molar-refractivity contribution in [3.05, 3.63) is 48.1 Å². The van der Waals surface area contributed by atoms with E-state index >= 15 is 0 Å². The Bertz CT molecular complexity index is 840. The maximum absolute atomic E-state index is 13.5. The maximum atomic E-state index is 13.5. The highest BCUT2D eigenvalue weighted by molar-refractivity contribution is 5.77. The Kier molecular flexibility index (Phi) is 6.27. The van der Waals surface area contributed by atoms with Crippen LogP contribution in [-0.2, 0) is 17.4 Å². The first-order valence-corrected chi connectivity index (χ1v) is 8.08. The molecule has 0 fully saturated rings. The predicted octanol–water partition coefficient (Wildman–Crippen LogP) is 2.42. The highest BCUT2D eigenvalue weighted by Gasteiger charge is 2.58. The topological polar surface area (TPSA) is 76.4 Å². The number of rotatable bonds is 7. The second kappa shape index (κ2) is 8.13. The van der Waals surface area contributed by atoms with Gasteiger partial charge in [-0.25, -0.2) is 13.8 Å². The molecule has 28 heavy (non-hydrogen) atoms. The number of carbonyl (C=O) groups excluding carboxylic acids is 1. The fourth-order valence-corrected chi connectivity index (χ4v) is 2.48. The molecule has 1 aromatic carbocycles. The molecule has 0 saturated carbocycles. The maximum Gasteiger partial charge on any atom is 0.425 e. The van der Waals surface area contributed by atoms with Gasteiger partial charge in [0.05, 0.1) is 12.5 Å². The molecule has 1 aromatic heterocycles. The van der Waals surface area contributed by atoms with Gasteiger partial charge in [-0.1, -0.05) is 0 Å². The monoisotopic (exact) mass is 407 g/mol. The number of aryl methyl sites for hydroxylation is 1. The van der Waals surface area contributed by atoms with E-state index in [4.69, 9.17) is 4.74 Å². The molecule has 0 spiro atoms. The van der Waals surface area contributed by atoms with Crippen LogP contribution in [0.2, 0.25) is 0 Å². The smallest absolute Gasteiger partial charge is 0.425 e. The summed E-state index contributed by atoms with van der Waals surface area (Å²) >= 11 is 0. The first kappa shape index (κ1) is 21.6. The molecule has 11 heteroatoms. The minimum Gasteiger partial charge on any atom is -0.488 e. The molecule has 2 rings (SSSR count). The summed E-state index contributed by atoms with van der Waals surface area (Å²) in [7, 11) is 1.25. The number of aromatic nitrogens is 2. The van der Waals surface area contributed by atoms with Gasteiger partial charge in [0.15, 0.2) is 17.4 Å². The molecule has 154 valence electrons. The van der Waals surface area contributed by atoms with Crippen LogP contribution in [0.4, 0.5) is 22.0 Å². The lowest BCUT2D eigenvalue weighted by Gasteiger charge is -2.29. The molecule has 2 N–H and O–H groups in total. The summed E-state index contributed by atoms with van der Waals surface area (Å²) in [4.78, 5) is 15.6. The molecule has 2 atom stereocenters. The van der Waals surface area contributed by atoms with Crippen molar-refractivity contribution in [2.45, 2.75) is 31.2 Å². The summed E-state index contributed by atoms with van der Waals surface area (Å²) in [5.41, 5.74) is -3.49. The van der Waals surface area contributed by atoms with Crippen LogP contribution in [0.1, 0.15) is 19.2 Å². The quantitative estimate of drug-likeness (QED) is 0.692. The SMILES string of the molecule is CC(COc1ccc(F)cc1F)NC(=O)CC(O)(c1nccn1C)C(F)(F)F. The summed E-state index contributed by atoms with van der Waals surface area (Å²) in [6.45, 7) is 1.12. The number of nitrogens with zero attached hydrogens (tertiary/aromatic N) is 2. The third-order valence-electron chi connectivity index (χ3n) is 3.87. The zero-order valence-corrected chi connectivity index (χ0v) is 14.9. The van der Waals surface area contributed by atoms with Gasteiger partial charge in [-0.3, -0.25) is 4.79 Å². The van der Waals surface area contributed by atoms with Crippen LogP contribution in [0, 0.1) is 11.6 Å². The lowest BCUT2D eigenvalue weighted by molar-refractivity contribution is -0.271. The van der Waals surface area contributed by atoms with Crippen LogP contribution in [-0.4, -0.2) is 39.4 Å². The van der Waals surface area contributed by atoms with Crippen LogP contribution in [0.25, 0.3) is 0 Å². The Morgan fingerprint density at radius 2 is 2.04 bits per heavy atom. The fraction of sp³-hybridized carbons (Fsp3) is 0.412. The van der Waals surface area contributed by atoms with Gasteiger partial charge in [-0.15, -0.1) is 0 Å². The van der Waals surface area contributed by atoms with Crippen LogP contribution < -0.4 is 10.1 Å². The zero-order chi connectivity index (χ0) is 21.1. The number of carbonyl (C=O) groups is 1. The third-order valence-corrected chi connectivity index (χ3v) is 3.87. The number of aliphatic hydroxyl groups is 1. The molecule has 0 bridgehead atoms. The van der Waals surface area contributed by atoms with Gasteiger partial charge in [0, 0.05) is 25.5 Å². The molecular weight excluding hydrogens is 389 g/mol. The predicted molar refractivity (Wildman–Crippen MR) is 87.2 cm³/mol. The van der Waals surface area contributed by atoms with Gasteiger partial charge < -0.3 is 19.7 Å². The summed E-state index contributed by atoms with van der Waals surface area (Å²) in [5, 5.41) is 12.4. The normalized spacial score (nSPS) is 15.0. The minimum atomic E-state index is -5.15. The van der Waals surface area contributed by atoms with Crippen molar-refractivity contribution in [3.63, 3.8) is 0 Å². The van der Waals surface area contributed by atoms with E-state index in [1.165, 1.54) is 20.2 Å². The highest BCUT2D eigenvalue weighted by atomic mass is 19.4. The van der Waals surface area contributed by atoms with Gasteiger partial charge in [0.1, 0.15) is 12.4 Å². The Morgan fingerprint density at radius 3 is 2.57 bits per heavy atom. The average Bonchev–Trinajstić information content (AvgIpc) is 2.99. The largest absolute Gasteiger partial charge is 0.488 e. The van der Waals surface area contributed by atoms with E-state index in [9.17, 15) is 31.9 Å². The molecule has 0 aliphatic rings. The van der Waals surface area contributed by atoms with Crippen molar-refractivity contribution in [2.24, 2.45) is 7.05 Å². The molecule has 1 heterocycles. The van der Waals surface area contributed by atoms with E-state index in [-0.39, 0.29) is 12.4 Å². The second-order valence-corrected chi connectivity index (χ2v) is 6.25. The van der Waals surface area contributed by atoms with Crippen molar-refractivity contribution in [3.8, 4) is 5.75 Å². The number of amides is 1. The van der Waals surface area contributed by atoms with Crippen molar-refractivity contribution in [1.82, 2.24) is 14.9 Å². The summed E-state index contributed by atoms with van der Waals surface area (Å²) in [6, 6.07) is 1.80. The summed E-state index contributed by atoms with van der Waals surface area (Å²) in [5.74, 6) is -3.88. The number of halogens is 5. The van der Waals surface area contributed by atoms with Crippen molar-refractivity contribution < 1.29 is 36.6 Å². The molecule has 0 aliphatic heterocycles. The van der Waals surface area contributed by atoms with E-state index in [2.05, 4.69) is 10.3 Å². The standard InChI is InChI=1S/C17H18F5N3O3/c1-10(9-28-13-4-3-11(18)7-12(13)19)24-14(26)8-16(27,17(20,21)22)15-23-5-6-25(15)2/h3-7,10,27H,8-9H2,1-2H3,(H,24,26). The van der Waals surface area contributed by atoms with Gasteiger partial charge in [-0.05, 0) is 19.1 Å². The molecule has 0 radical (unpaired) electrons. The van der Waals surface area contributed by atoms with Crippen molar-refractivity contribution in [2.75, 3.05) is 6.61 Å². The van der Waals surface area contributed by atoms with Gasteiger partial charge in [0.25, 0.3) is 0 Å². The van der Waals surface area contributed by atoms with E-state index in [1.807, 2.05) is 0 Å². The van der Waals surface area contributed by atoms with Crippen LogP contribution in [0.5, 0.6) is 5.75 Å². The van der Waals surface area contributed by atoms with Crippen LogP contribution in [0.3, 0.4) is 0 Å². The van der Waals surface area contributed by atoms with E-state index in [1.54, 1.807) is 0 Å². The molecule has 1 amide bonds. The molecule has 0 aliphatic carbocycles. The first-order valence-electron chi connectivity index (χ1n) is 8.08. The van der Waals surface area contributed by atoms with Crippen molar-refractivity contribution in [1.29, 1.82) is 0 Å². The Balaban J connectivity index is 2.01. The molecular formula is C17H18F5N3O3. The van der Waals surface area contributed by atoms with E-state index < -0.39 is 47.6 Å². The zero-order valence-electron chi connectivity index (χ0n) is 14.9. The minimum absolute atomic E-state index is 0.276. The lowest BCUT2D eigenvalue weighted by Crippen LogP contribution is -2.49. The summed E-state index contributed by atoms with van der Waals surface area (Å²) < 4.78 is 72.6. The number of nitrogens with one attached hydrogen (secondary N) is 1. The Labute approximate surface area is 156 Å². The van der Waals surface area contributed by atoms with Crippen LogP contribution >= 0.6 is 0 Å². The van der Waals surface area contributed by atoms with Gasteiger partial charge in [0.2, 0.25) is 11.5 Å². The Morgan fingerprint density at radius 1 is 1.36 bits per heavy atom. The van der Waals surface area contributed by atoms with Crippen molar-refractivity contribution >= 4 is 5.91 Å². The number of imidazole rings is 1. The number of ether oxygens (including phenoxy) is 1. The van der Waals surface area contributed by atoms with Crippen LogP contribution in [0.15, 0.2) is 30.6 Å². The number of hydrogen-bond acceptors (Lipinski definition) is 4. The lowest BCUT2D eigenvalue weighted by atomic mass is 9.97. The van der Waals surface area contributed by atoms with Gasteiger partial charge >= 0.3 is 6.18 Å². The molecule has 6 nitrogen and oxygen atoms in total. The fourth-order valence-electron chi connectivity index (χ4n) is 2.48. The number of hydrogen-bond donors (Lipinski definition) is 2. The third kappa shape index (κ3) is 4.77. The Hall–Kier alpha value is -2.69. The van der Waals surface area contributed by atoms with E-state index in [0.717, 1.165) is 22.9 Å². The highest BCUT2D eigenvalue weighted by Crippen LogP contribution is 2.40. The average molecular weight is 407 g/mol. The summed E-state index contributed by atoms with van der Waals surface area (Å²) in [6.07, 6.45) is -4.20. The molecule has 2 aromatic rings. The molecule has 2 unspecified atom stereocenters. The first-order chi connectivity index (χ1) is 12.9. The van der Waals surface area contributed by atoms with Gasteiger partial charge in [-0.2, -0.15) is 13.2 Å². The second-order valence-electron chi connectivity index (χ2n) is 6.25.